The van der Waals surface area contributed by atoms with Crippen LogP contribution in [0, 0.1) is 6.92 Å². The second kappa shape index (κ2) is 8.51. The zero-order valence-corrected chi connectivity index (χ0v) is 16.0. The number of carbonyl (C=O) groups excluding carboxylic acids is 2. The van der Waals surface area contributed by atoms with Crippen molar-refractivity contribution in [2.24, 2.45) is 0 Å². The Kier molecular flexibility index (Phi) is 6.64. The van der Waals surface area contributed by atoms with Crippen LogP contribution in [-0.2, 0) is 27.4 Å². The second-order valence-electron chi connectivity index (χ2n) is 5.39. The van der Waals surface area contributed by atoms with Gasteiger partial charge in [0.2, 0.25) is 0 Å². The Hall–Kier alpha value is -1.83. The van der Waals surface area contributed by atoms with E-state index in [0.717, 1.165) is 16.9 Å². The molecule has 134 valence electrons. The number of aromatic nitrogens is 1. The van der Waals surface area contributed by atoms with Crippen molar-refractivity contribution in [1.29, 1.82) is 0 Å². The molecule has 0 radical (unpaired) electrons. The molecular weight excluding hydrogens is 387 g/mol. The van der Waals surface area contributed by atoms with E-state index >= 15 is 0 Å². The molecule has 1 heterocycles. The lowest BCUT2D eigenvalue weighted by Gasteiger charge is -2.17. The number of carbonyl (C=O) groups is 2. The van der Waals surface area contributed by atoms with Crippen molar-refractivity contribution < 1.29 is 14.3 Å². The number of rotatable bonds is 6. The zero-order chi connectivity index (χ0) is 18.6. The first-order chi connectivity index (χ1) is 11.8. The molecule has 2 aromatic rings. The average Bonchev–Trinajstić information content (AvgIpc) is 2.87. The SMILES string of the molecule is Cc1csc(=O)n1CC(=O)OCC(=O)N(C)Cc1ccc(Cl)c(Cl)c1. The van der Waals surface area contributed by atoms with Gasteiger partial charge < -0.3 is 9.64 Å². The van der Waals surface area contributed by atoms with Gasteiger partial charge in [0.25, 0.3) is 5.91 Å². The Balaban J connectivity index is 1.85. The van der Waals surface area contributed by atoms with E-state index in [1.54, 1.807) is 37.6 Å². The third kappa shape index (κ3) is 5.32. The van der Waals surface area contributed by atoms with E-state index in [1.807, 2.05) is 0 Å². The highest BCUT2D eigenvalue weighted by Gasteiger charge is 2.15. The third-order valence-corrected chi connectivity index (χ3v) is 5.07. The molecule has 0 saturated carbocycles. The van der Waals surface area contributed by atoms with Crippen LogP contribution in [0.5, 0.6) is 0 Å². The van der Waals surface area contributed by atoms with Gasteiger partial charge in [0.1, 0.15) is 6.54 Å². The van der Waals surface area contributed by atoms with Crippen molar-refractivity contribution in [3.05, 3.63) is 54.5 Å². The Morgan fingerprint density at radius 3 is 2.60 bits per heavy atom. The first kappa shape index (κ1) is 19.5. The van der Waals surface area contributed by atoms with Gasteiger partial charge in [-0.3, -0.25) is 19.0 Å². The Labute approximate surface area is 158 Å². The summed E-state index contributed by atoms with van der Waals surface area (Å²) < 4.78 is 6.26. The quantitative estimate of drug-likeness (QED) is 0.696. The molecule has 25 heavy (non-hydrogen) atoms. The molecule has 2 rings (SSSR count). The average molecular weight is 403 g/mol. The van der Waals surface area contributed by atoms with Gasteiger partial charge in [-0.1, -0.05) is 40.6 Å². The monoisotopic (exact) mass is 402 g/mol. The standard InChI is InChI=1S/C16H16Cl2N2O4S/c1-10-9-25-16(23)20(10)7-15(22)24-8-14(21)19(2)6-11-3-4-12(17)13(18)5-11/h3-5,9H,6-8H2,1-2H3. The summed E-state index contributed by atoms with van der Waals surface area (Å²) in [4.78, 5) is 36.6. The number of hydrogen-bond acceptors (Lipinski definition) is 5. The van der Waals surface area contributed by atoms with Crippen molar-refractivity contribution in [1.82, 2.24) is 9.47 Å². The highest BCUT2D eigenvalue weighted by Crippen LogP contribution is 2.23. The molecule has 0 bridgehead atoms. The number of esters is 1. The molecule has 1 aromatic carbocycles. The summed E-state index contributed by atoms with van der Waals surface area (Å²) in [6.07, 6.45) is 0. The molecule has 9 heteroatoms. The fourth-order valence-electron chi connectivity index (χ4n) is 2.02. The van der Waals surface area contributed by atoms with E-state index in [4.69, 9.17) is 27.9 Å². The number of halogens is 2. The zero-order valence-electron chi connectivity index (χ0n) is 13.6. The second-order valence-corrected chi connectivity index (χ2v) is 7.02. The highest BCUT2D eigenvalue weighted by molar-refractivity contribution is 7.07. The van der Waals surface area contributed by atoms with Crippen LogP contribution in [0.3, 0.4) is 0 Å². The molecule has 0 aliphatic rings. The van der Waals surface area contributed by atoms with Gasteiger partial charge in [0, 0.05) is 24.7 Å². The molecule has 1 amide bonds. The number of nitrogens with zero attached hydrogens (tertiary/aromatic N) is 2. The Morgan fingerprint density at radius 2 is 2.00 bits per heavy atom. The maximum absolute atomic E-state index is 12.1. The summed E-state index contributed by atoms with van der Waals surface area (Å²) in [5.74, 6) is -1.01. The summed E-state index contributed by atoms with van der Waals surface area (Å²) in [5.41, 5.74) is 1.48. The molecule has 0 fully saturated rings. The van der Waals surface area contributed by atoms with Crippen LogP contribution in [0.25, 0.3) is 0 Å². The van der Waals surface area contributed by atoms with Gasteiger partial charge in [0.15, 0.2) is 6.61 Å². The van der Waals surface area contributed by atoms with Crippen molar-refractivity contribution in [3.63, 3.8) is 0 Å². The van der Waals surface area contributed by atoms with Crippen LogP contribution in [0.1, 0.15) is 11.3 Å². The van der Waals surface area contributed by atoms with E-state index in [-0.39, 0.29) is 17.3 Å². The minimum Gasteiger partial charge on any atom is -0.454 e. The van der Waals surface area contributed by atoms with Gasteiger partial charge >= 0.3 is 10.8 Å². The lowest BCUT2D eigenvalue weighted by atomic mass is 10.2. The molecule has 0 N–H and O–H groups in total. The van der Waals surface area contributed by atoms with E-state index in [2.05, 4.69) is 0 Å². The maximum atomic E-state index is 12.1. The maximum Gasteiger partial charge on any atom is 0.326 e. The molecule has 0 saturated heterocycles. The van der Waals surface area contributed by atoms with Gasteiger partial charge in [0.05, 0.1) is 10.0 Å². The molecular formula is C16H16Cl2N2O4S. The van der Waals surface area contributed by atoms with Crippen LogP contribution >= 0.6 is 34.5 Å². The fraction of sp³-hybridized carbons (Fsp3) is 0.312. The number of amides is 1. The summed E-state index contributed by atoms with van der Waals surface area (Å²) in [7, 11) is 1.59. The van der Waals surface area contributed by atoms with Crippen molar-refractivity contribution in [3.8, 4) is 0 Å². The molecule has 0 aliphatic carbocycles. The van der Waals surface area contributed by atoms with Crippen molar-refractivity contribution >= 4 is 46.4 Å². The first-order valence-electron chi connectivity index (χ1n) is 7.26. The Bertz CT molecular complexity index is 847. The smallest absolute Gasteiger partial charge is 0.326 e. The topological polar surface area (TPSA) is 68.6 Å². The van der Waals surface area contributed by atoms with E-state index in [9.17, 15) is 14.4 Å². The lowest BCUT2D eigenvalue weighted by Crippen LogP contribution is -2.32. The number of aryl methyl sites for hydroxylation is 1. The largest absolute Gasteiger partial charge is 0.454 e. The normalized spacial score (nSPS) is 10.6. The van der Waals surface area contributed by atoms with E-state index in [1.165, 1.54) is 9.47 Å². The molecule has 6 nitrogen and oxygen atoms in total. The number of thiazole rings is 1. The van der Waals surface area contributed by atoms with E-state index in [0.29, 0.717) is 22.3 Å². The summed E-state index contributed by atoms with van der Waals surface area (Å²) >= 11 is 12.8. The molecule has 1 aromatic heterocycles. The van der Waals surface area contributed by atoms with Crippen LogP contribution in [0.15, 0.2) is 28.4 Å². The highest BCUT2D eigenvalue weighted by atomic mass is 35.5. The summed E-state index contributed by atoms with van der Waals surface area (Å²) in [6.45, 7) is 1.42. The molecule has 0 aliphatic heterocycles. The van der Waals surface area contributed by atoms with Gasteiger partial charge in [-0.05, 0) is 24.6 Å². The number of benzene rings is 1. The lowest BCUT2D eigenvalue weighted by molar-refractivity contribution is -0.152. The molecule has 0 spiro atoms. The predicted molar refractivity (Wildman–Crippen MR) is 97.2 cm³/mol. The minimum atomic E-state index is -0.639. The van der Waals surface area contributed by atoms with Gasteiger partial charge in [-0.2, -0.15) is 0 Å². The molecule has 0 atom stereocenters. The molecule has 0 unspecified atom stereocenters. The van der Waals surface area contributed by atoms with E-state index < -0.39 is 12.6 Å². The Morgan fingerprint density at radius 1 is 1.28 bits per heavy atom. The number of ether oxygens (including phenoxy) is 1. The van der Waals surface area contributed by atoms with Gasteiger partial charge in [-0.25, -0.2) is 0 Å². The van der Waals surface area contributed by atoms with Gasteiger partial charge in [-0.15, -0.1) is 0 Å². The van der Waals surface area contributed by atoms with Crippen LogP contribution in [-0.4, -0.2) is 35.0 Å². The summed E-state index contributed by atoms with van der Waals surface area (Å²) in [5, 5.41) is 2.50. The predicted octanol–water partition coefficient (Wildman–Crippen LogP) is 2.73. The van der Waals surface area contributed by atoms with Crippen molar-refractivity contribution in [2.45, 2.75) is 20.0 Å². The summed E-state index contributed by atoms with van der Waals surface area (Å²) in [6, 6.07) is 5.08. The third-order valence-electron chi connectivity index (χ3n) is 3.45. The van der Waals surface area contributed by atoms with Crippen LogP contribution < -0.4 is 4.87 Å². The van der Waals surface area contributed by atoms with Crippen molar-refractivity contribution in [2.75, 3.05) is 13.7 Å². The van der Waals surface area contributed by atoms with Crippen LogP contribution in [0.2, 0.25) is 10.0 Å². The number of hydrogen-bond donors (Lipinski definition) is 0. The van der Waals surface area contributed by atoms with Crippen LogP contribution in [0.4, 0.5) is 0 Å². The first-order valence-corrected chi connectivity index (χ1v) is 8.90. The minimum absolute atomic E-state index is 0.210. The fourth-order valence-corrected chi connectivity index (χ4v) is 3.08. The number of likely N-dealkylation sites (N-methyl/N-ethyl adjacent to an activating group) is 1.